The van der Waals surface area contributed by atoms with Gasteiger partial charge in [-0.2, -0.15) is 0 Å². The molecular formula is C20H21NS2. The van der Waals surface area contributed by atoms with E-state index in [1.165, 1.54) is 46.3 Å². The van der Waals surface area contributed by atoms with Crippen LogP contribution in [0.15, 0.2) is 35.7 Å². The summed E-state index contributed by atoms with van der Waals surface area (Å²) in [6.07, 6.45) is 5.35. The number of anilines is 1. The lowest BCUT2D eigenvalue weighted by Crippen LogP contribution is -2.40. The fourth-order valence-electron chi connectivity index (χ4n) is 4.91. The number of nitrogens with zero attached hydrogens (tertiary/aromatic N) is 1. The lowest BCUT2D eigenvalue weighted by Gasteiger charge is -2.41. The van der Waals surface area contributed by atoms with Crippen molar-refractivity contribution in [1.82, 2.24) is 0 Å². The zero-order chi connectivity index (χ0) is 15.6. The highest BCUT2D eigenvalue weighted by Crippen LogP contribution is 2.61. The van der Waals surface area contributed by atoms with Crippen molar-refractivity contribution >= 4 is 37.8 Å². The number of hydrogen-bond donors (Lipinski definition) is 0. The standard InChI is InChI=1S/C20H21NS2/c1-13-7-3-4-8-16(13)21-14(2)17-15-9-12-22-19(15)23-18(17)20(21)10-5-6-11-20/h3-4,7-9,12,14H,5-6,10-11H2,1-2H3. The molecule has 5 rings (SSSR count). The van der Waals surface area contributed by atoms with Gasteiger partial charge in [-0.15, -0.1) is 22.7 Å². The molecule has 3 aromatic rings. The molecule has 1 aromatic carbocycles. The number of para-hydroxylation sites is 1. The Labute approximate surface area is 145 Å². The molecule has 0 amide bonds. The molecule has 1 saturated carbocycles. The Hall–Kier alpha value is -1.32. The minimum Gasteiger partial charge on any atom is -0.354 e. The molecule has 1 fully saturated rings. The molecule has 1 aliphatic carbocycles. The summed E-state index contributed by atoms with van der Waals surface area (Å²) in [6.45, 7) is 4.68. The molecule has 1 spiro atoms. The topological polar surface area (TPSA) is 3.24 Å². The third-order valence-electron chi connectivity index (χ3n) is 5.85. The molecule has 3 heterocycles. The summed E-state index contributed by atoms with van der Waals surface area (Å²) in [6, 6.07) is 11.8. The second-order valence-corrected chi connectivity index (χ2v) is 9.23. The van der Waals surface area contributed by atoms with E-state index in [9.17, 15) is 0 Å². The molecule has 2 aromatic heterocycles. The number of fused-ring (bicyclic) bond motifs is 4. The van der Waals surface area contributed by atoms with Crippen LogP contribution in [0.2, 0.25) is 0 Å². The molecule has 0 radical (unpaired) electrons. The van der Waals surface area contributed by atoms with Crippen molar-refractivity contribution in [1.29, 1.82) is 0 Å². The molecule has 1 nitrogen and oxygen atoms in total. The van der Waals surface area contributed by atoms with Gasteiger partial charge in [0.2, 0.25) is 0 Å². The number of rotatable bonds is 1. The van der Waals surface area contributed by atoms with Gasteiger partial charge in [0.15, 0.2) is 0 Å². The molecular weight excluding hydrogens is 318 g/mol. The average Bonchev–Trinajstić information content (AvgIpc) is 3.26. The van der Waals surface area contributed by atoms with E-state index in [-0.39, 0.29) is 5.54 Å². The van der Waals surface area contributed by atoms with E-state index in [0.717, 1.165) is 0 Å². The largest absolute Gasteiger partial charge is 0.354 e. The van der Waals surface area contributed by atoms with E-state index in [4.69, 9.17) is 0 Å². The normalized spacial score (nSPS) is 22.3. The van der Waals surface area contributed by atoms with Crippen LogP contribution in [0.4, 0.5) is 5.69 Å². The minimum absolute atomic E-state index is 0.254. The summed E-state index contributed by atoms with van der Waals surface area (Å²) in [7, 11) is 0. The number of benzene rings is 1. The Morgan fingerprint density at radius 3 is 2.70 bits per heavy atom. The highest BCUT2D eigenvalue weighted by Gasteiger charge is 2.52. The smallest absolute Gasteiger partial charge is 0.0872 e. The third kappa shape index (κ3) is 1.72. The Bertz CT molecular complexity index is 882. The van der Waals surface area contributed by atoms with Crippen LogP contribution >= 0.6 is 22.7 Å². The fraction of sp³-hybridized carbons (Fsp3) is 0.400. The maximum atomic E-state index is 2.77. The van der Waals surface area contributed by atoms with E-state index in [0.29, 0.717) is 6.04 Å². The number of hydrogen-bond acceptors (Lipinski definition) is 3. The summed E-state index contributed by atoms with van der Waals surface area (Å²) < 4.78 is 1.53. The molecule has 23 heavy (non-hydrogen) atoms. The van der Waals surface area contributed by atoms with Crippen LogP contribution in [-0.2, 0) is 5.54 Å². The fourth-order valence-corrected chi connectivity index (χ4v) is 7.51. The SMILES string of the molecule is Cc1ccccc1N1C(C)c2c(sc3sccc23)C12CCCC2. The van der Waals surface area contributed by atoms with Crippen LogP contribution < -0.4 is 4.90 Å². The van der Waals surface area contributed by atoms with E-state index < -0.39 is 0 Å². The van der Waals surface area contributed by atoms with Crippen molar-refractivity contribution in [3.05, 3.63) is 51.7 Å². The van der Waals surface area contributed by atoms with Crippen molar-refractivity contribution in [2.45, 2.75) is 51.1 Å². The van der Waals surface area contributed by atoms with Gasteiger partial charge in [-0.1, -0.05) is 31.0 Å². The quantitative estimate of drug-likeness (QED) is 0.481. The van der Waals surface area contributed by atoms with E-state index in [2.05, 4.69) is 65.8 Å². The van der Waals surface area contributed by atoms with Crippen LogP contribution in [-0.4, -0.2) is 0 Å². The molecule has 1 atom stereocenters. The van der Waals surface area contributed by atoms with Crippen LogP contribution in [0.25, 0.3) is 9.40 Å². The minimum atomic E-state index is 0.254. The first-order chi connectivity index (χ1) is 11.2. The second-order valence-electron chi connectivity index (χ2n) is 7.04. The molecule has 2 aliphatic rings. The first kappa shape index (κ1) is 14.1. The van der Waals surface area contributed by atoms with Gasteiger partial charge in [0.05, 0.1) is 15.6 Å². The maximum absolute atomic E-state index is 2.77. The van der Waals surface area contributed by atoms with Crippen molar-refractivity contribution < 1.29 is 0 Å². The van der Waals surface area contributed by atoms with Gasteiger partial charge in [0.25, 0.3) is 0 Å². The third-order valence-corrected chi connectivity index (χ3v) is 8.31. The first-order valence-electron chi connectivity index (χ1n) is 8.58. The Morgan fingerprint density at radius 1 is 1.13 bits per heavy atom. The van der Waals surface area contributed by atoms with Crippen molar-refractivity contribution in [2.24, 2.45) is 0 Å². The highest BCUT2D eigenvalue weighted by atomic mass is 32.2. The second kappa shape index (κ2) is 4.84. The van der Waals surface area contributed by atoms with Gasteiger partial charge in [-0.3, -0.25) is 0 Å². The van der Waals surface area contributed by atoms with Gasteiger partial charge in [0, 0.05) is 16.0 Å². The zero-order valence-corrected chi connectivity index (χ0v) is 15.3. The lowest BCUT2D eigenvalue weighted by molar-refractivity contribution is 0.421. The summed E-state index contributed by atoms with van der Waals surface area (Å²) in [4.78, 5) is 4.45. The summed E-state index contributed by atoms with van der Waals surface area (Å²) in [5, 5.41) is 3.77. The van der Waals surface area contributed by atoms with Gasteiger partial charge in [-0.25, -0.2) is 0 Å². The predicted octanol–water partition coefficient (Wildman–Crippen LogP) is 6.62. The Morgan fingerprint density at radius 2 is 1.91 bits per heavy atom. The maximum Gasteiger partial charge on any atom is 0.0872 e. The molecule has 0 bridgehead atoms. The van der Waals surface area contributed by atoms with Gasteiger partial charge in [-0.05, 0) is 55.3 Å². The van der Waals surface area contributed by atoms with Gasteiger partial charge < -0.3 is 4.90 Å². The van der Waals surface area contributed by atoms with Crippen molar-refractivity contribution in [2.75, 3.05) is 4.90 Å². The number of aryl methyl sites for hydroxylation is 1. The van der Waals surface area contributed by atoms with Gasteiger partial charge >= 0.3 is 0 Å². The van der Waals surface area contributed by atoms with Crippen LogP contribution in [0.3, 0.4) is 0 Å². The summed E-state index contributed by atoms with van der Waals surface area (Å²) >= 11 is 3.99. The summed E-state index contributed by atoms with van der Waals surface area (Å²) in [5.41, 5.74) is 4.72. The van der Waals surface area contributed by atoms with Crippen molar-refractivity contribution in [3.63, 3.8) is 0 Å². The number of thiophene rings is 2. The van der Waals surface area contributed by atoms with Crippen LogP contribution in [0.5, 0.6) is 0 Å². The lowest BCUT2D eigenvalue weighted by atomic mass is 9.94. The zero-order valence-electron chi connectivity index (χ0n) is 13.6. The van der Waals surface area contributed by atoms with E-state index >= 15 is 0 Å². The molecule has 3 heteroatoms. The van der Waals surface area contributed by atoms with Gasteiger partial charge in [0.1, 0.15) is 0 Å². The monoisotopic (exact) mass is 339 g/mol. The highest BCUT2D eigenvalue weighted by molar-refractivity contribution is 7.37. The molecule has 1 aliphatic heterocycles. The molecule has 118 valence electrons. The van der Waals surface area contributed by atoms with E-state index in [1.54, 1.807) is 10.4 Å². The molecule has 0 N–H and O–H groups in total. The summed E-state index contributed by atoms with van der Waals surface area (Å²) in [5.74, 6) is 0. The predicted molar refractivity (Wildman–Crippen MR) is 102 cm³/mol. The Kier molecular flexibility index (Phi) is 2.96. The average molecular weight is 340 g/mol. The van der Waals surface area contributed by atoms with E-state index in [1.807, 2.05) is 11.3 Å². The molecule has 0 saturated heterocycles. The first-order valence-corrected chi connectivity index (χ1v) is 10.3. The Balaban J connectivity index is 1.78. The van der Waals surface area contributed by atoms with Crippen LogP contribution in [0, 0.1) is 6.92 Å². The van der Waals surface area contributed by atoms with Crippen molar-refractivity contribution in [3.8, 4) is 0 Å². The van der Waals surface area contributed by atoms with Crippen LogP contribution in [0.1, 0.15) is 54.7 Å². The molecule has 1 unspecified atom stereocenters.